The van der Waals surface area contributed by atoms with Gasteiger partial charge in [0.1, 0.15) is 17.4 Å². The monoisotopic (exact) mass is 613 g/mol. The van der Waals surface area contributed by atoms with Gasteiger partial charge in [-0.15, -0.1) is 0 Å². The Hall–Kier alpha value is -4.86. The summed E-state index contributed by atoms with van der Waals surface area (Å²) in [6, 6.07) is 21.7. The number of methoxy groups -OCH3 is 1. The van der Waals surface area contributed by atoms with E-state index in [4.69, 9.17) is 32.7 Å². The van der Waals surface area contributed by atoms with Crippen molar-refractivity contribution in [1.82, 2.24) is 19.9 Å². The number of anilines is 1. The minimum Gasteiger partial charge on any atom is -0.492 e. The van der Waals surface area contributed by atoms with Gasteiger partial charge in [0.2, 0.25) is 0 Å². The molecule has 0 radical (unpaired) electrons. The molecule has 0 aliphatic carbocycles. The molecule has 0 saturated heterocycles. The number of hydrogen-bond donors (Lipinski definition) is 1. The number of halogens is 3. The van der Waals surface area contributed by atoms with Gasteiger partial charge in [-0.3, -0.25) is 9.97 Å². The number of carbonyl (C=O) groups excluding carboxylic acids is 1. The summed E-state index contributed by atoms with van der Waals surface area (Å²) in [6.45, 7) is 0.222. The highest BCUT2D eigenvalue weighted by molar-refractivity contribution is 6.35. The van der Waals surface area contributed by atoms with Crippen LogP contribution in [-0.4, -0.2) is 33.0 Å². The third-order valence-corrected chi connectivity index (χ3v) is 7.42. The minimum atomic E-state index is -0.812. The number of ether oxygens (including phenoxy) is 2. The van der Waals surface area contributed by atoms with Crippen molar-refractivity contribution in [3.63, 3.8) is 0 Å². The van der Waals surface area contributed by atoms with E-state index in [1.807, 2.05) is 60.7 Å². The van der Waals surface area contributed by atoms with Crippen LogP contribution in [-0.2, 0) is 17.9 Å². The molecular weight excluding hydrogens is 592 g/mol. The van der Waals surface area contributed by atoms with Crippen LogP contribution in [0.3, 0.4) is 0 Å². The summed E-state index contributed by atoms with van der Waals surface area (Å²) in [4.78, 5) is 30.9. The van der Waals surface area contributed by atoms with Crippen molar-refractivity contribution in [2.24, 2.45) is 0 Å². The van der Waals surface area contributed by atoms with Gasteiger partial charge in [0.05, 0.1) is 28.7 Å². The smallest absolute Gasteiger partial charge is 0.359 e. The lowest BCUT2D eigenvalue weighted by atomic mass is 10.1. The van der Waals surface area contributed by atoms with Gasteiger partial charge in [0.25, 0.3) is 0 Å². The van der Waals surface area contributed by atoms with E-state index in [2.05, 4.69) is 25.3 Å². The Balaban J connectivity index is 1.36. The average molecular weight is 614 g/mol. The van der Waals surface area contributed by atoms with Gasteiger partial charge in [-0.2, -0.15) is 0 Å². The Kier molecular flexibility index (Phi) is 8.00. The standard InChI is InChI=1S/C32H22Cl2FN5O3/c1-42-29-23(33)12-11-22(27(29)35)30-39-28(32(41)43-17-18-9-10-19-6-3-13-37-25(19)15-18)26(34)31(40-30)38-16-20-5-2-8-24-21(20)7-4-14-36-24/h2-15H,16-17H2,1H3,(H,38,39,40). The van der Waals surface area contributed by atoms with Crippen LogP contribution in [0.15, 0.2) is 85.2 Å². The fourth-order valence-electron chi connectivity index (χ4n) is 4.63. The molecule has 6 aromatic rings. The molecule has 3 aromatic heterocycles. The number of fused-ring (bicyclic) bond motifs is 2. The number of benzene rings is 3. The molecular formula is C32H22Cl2FN5O3. The normalized spacial score (nSPS) is 11.1. The third kappa shape index (κ3) is 5.77. The topological polar surface area (TPSA) is 99.1 Å². The zero-order valence-electron chi connectivity index (χ0n) is 22.6. The van der Waals surface area contributed by atoms with Crippen LogP contribution >= 0.6 is 23.2 Å². The SMILES string of the molecule is COc1c(Cl)ccc(-c2nc(NCc3cccc4ncccc34)c(Cl)c(C(=O)OCc3ccc4cccnc4c3)n2)c1F. The largest absolute Gasteiger partial charge is 0.492 e. The lowest BCUT2D eigenvalue weighted by molar-refractivity contribution is 0.0466. The van der Waals surface area contributed by atoms with Crippen LogP contribution in [0.25, 0.3) is 33.2 Å². The highest BCUT2D eigenvalue weighted by atomic mass is 35.5. The molecule has 0 spiro atoms. The summed E-state index contributed by atoms with van der Waals surface area (Å²) in [5, 5.41) is 5.06. The number of hydrogen-bond acceptors (Lipinski definition) is 8. The summed E-state index contributed by atoms with van der Waals surface area (Å²) in [7, 11) is 1.30. The van der Waals surface area contributed by atoms with Crippen LogP contribution in [0.5, 0.6) is 5.75 Å². The first kappa shape index (κ1) is 28.3. The third-order valence-electron chi connectivity index (χ3n) is 6.76. The van der Waals surface area contributed by atoms with Crippen molar-refractivity contribution in [3.8, 4) is 17.1 Å². The maximum Gasteiger partial charge on any atom is 0.359 e. The molecule has 11 heteroatoms. The second-order valence-corrected chi connectivity index (χ2v) is 10.2. The van der Waals surface area contributed by atoms with E-state index in [0.717, 1.165) is 32.9 Å². The number of rotatable bonds is 8. The van der Waals surface area contributed by atoms with Gasteiger partial charge in [-0.1, -0.05) is 59.6 Å². The van der Waals surface area contributed by atoms with Crippen molar-refractivity contribution >= 4 is 56.8 Å². The molecule has 0 aliphatic rings. The quantitative estimate of drug-likeness (QED) is 0.175. The van der Waals surface area contributed by atoms with Crippen molar-refractivity contribution in [2.45, 2.75) is 13.2 Å². The molecule has 43 heavy (non-hydrogen) atoms. The fourth-order valence-corrected chi connectivity index (χ4v) is 5.08. The minimum absolute atomic E-state index is 0.0371. The Morgan fingerprint density at radius 2 is 1.74 bits per heavy atom. The van der Waals surface area contributed by atoms with Crippen LogP contribution in [0.2, 0.25) is 10.0 Å². The number of nitrogens with one attached hydrogen (secondary N) is 1. The number of esters is 1. The molecule has 3 aromatic carbocycles. The lowest BCUT2D eigenvalue weighted by Gasteiger charge is -2.15. The first-order chi connectivity index (χ1) is 20.9. The van der Waals surface area contributed by atoms with E-state index in [1.165, 1.54) is 19.2 Å². The van der Waals surface area contributed by atoms with Crippen LogP contribution in [0.1, 0.15) is 21.6 Å². The molecule has 0 aliphatic heterocycles. The van der Waals surface area contributed by atoms with Gasteiger partial charge in [0.15, 0.2) is 23.1 Å². The van der Waals surface area contributed by atoms with E-state index in [9.17, 15) is 4.79 Å². The van der Waals surface area contributed by atoms with Gasteiger partial charge in [-0.25, -0.2) is 19.2 Å². The average Bonchev–Trinajstić information content (AvgIpc) is 3.03. The number of carbonyl (C=O) groups is 1. The summed E-state index contributed by atoms with van der Waals surface area (Å²) < 4.78 is 26.1. The predicted molar refractivity (Wildman–Crippen MR) is 164 cm³/mol. The molecule has 0 fully saturated rings. The van der Waals surface area contributed by atoms with Crippen molar-refractivity contribution in [3.05, 3.63) is 118 Å². The Labute approximate surface area is 255 Å². The van der Waals surface area contributed by atoms with Gasteiger partial charge >= 0.3 is 5.97 Å². The summed E-state index contributed by atoms with van der Waals surface area (Å²) in [6.07, 6.45) is 3.41. The molecule has 3 heterocycles. The predicted octanol–water partition coefficient (Wildman–Crippen LogP) is 7.66. The zero-order chi connectivity index (χ0) is 29.9. The van der Waals surface area contributed by atoms with Crippen molar-refractivity contribution < 1.29 is 18.7 Å². The van der Waals surface area contributed by atoms with Crippen molar-refractivity contribution in [2.75, 3.05) is 12.4 Å². The first-order valence-electron chi connectivity index (χ1n) is 13.1. The van der Waals surface area contributed by atoms with E-state index in [1.54, 1.807) is 12.4 Å². The van der Waals surface area contributed by atoms with Gasteiger partial charge in [0, 0.05) is 29.7 Å². The van der Waals surface area contributed by atoms with E-state index >= 15 is 4.39 Å². The molecule has 0 amide bonds. The second-order valence-electron chi connectivity index (χ2n) is 9.45. The Morgan fingerprint density at radius 1 is 0.930 bits per heavy atom. The number of pyridine rings is 2. The van der Waals surface area contributed by atoms with E-state index in [-0.39, 0.29) is 51.8 Å². The molecule has 6 rings (SSSR count). The van der Waals surface area contributed by atoms with Crippen molar-refractivity contribution in [1.29, 1.82) is 0 Å². The summed E-state index contributed by atoms with van der Waals surface area (Å²) in [5.74, 6) is -1.77. The molecule has 1 N–H and O–H groups in total. The molecule has 0 saturated carbocycles. The Bertz CT molecular complexity index is 2000. The number of aromatic nitrogens is 4. The summed E-state index contributed by atoms with van der Waals surface area (Å²) >= 11 is 12.8. The molecule has 0 bridgehead atoms. The first-order valence-corrected chi connectivity index (χ1v) is 13.9. The van der Waals surface area contributed by atoms with Crippen LogP contribution in [0.4, 0.5) is 10.2 Å². The molecule has 214 valence electrons. The highest BCUT2D eigenvalue weighted by Gasteiger charge is 2.24. The van der Waals surface area contributed by atoms with E-state index in [0.29, 0.717) is 0 Å². The van der Waals surface area contributed by atoms with E-state index < -0.39 is 11.8 Å². The van der Waals surface area contributed by atoms with Crippen LogP contribution < -0.4 is 10.1 Å². The summed E-state index contributed by atoms with van der Waals surface area (Å²) in [5.41, 5.74) is 2.95. The molecule has 0 unspecified atom stereocenters. The molecule has 8 nitrogen and oxygen atoms in total. The Morgan fingerprint density at radius 3 is 2.58 bits per heavy atom. The number of nitrogens with zero attached hydrogens (tertiary/aromatic N) is 4. The highest BCUT2D eigenvalue weighted by Crippen LogP contribution is 2.36. The maximum absolute atomic E-state index is 15.4. The molecule has 0 atom stereocenters. The zero-order valence-corrected chi connectivity index (χ0v) is 24.2. The second kappa shape index (κ2) is 12.2. The van der Waals surface area contributed by atoms with Crippen LogP contribution in [0, 0.1) is 5.82 Å². The lowest BCUT2D eigenvalue weighted by Crippen LogP contribution is -2.13. The maximum atomic E-state index is 15.4. The van der Waals surface area contributed by atoms with Gasteiger partial charge < -0.3 is 14.8 Å². The fraction of sp³-hybridized carbons (Fsp3) is 0.0938. The van der Waals surface area contributed by atoms with Gasteiger partial charge in [-0.05, 0) is 47.5 Å².